The second-order valence-electron chi connectivity index (χ2n) is 6.11. The average Bonchev–Trinajstić information content (AvgIpc) is 2.76. The van der Waals surface area contributed by atoms with Crippen molar-refractivity contribution in [3.63, 3.8) is 0 Å². The molecule has 0 fully saturated rings. The molecule has 3 rings (SSSR count). The Morgan fingerprint density at radius 2 is 1.46 bits per heavy atom. The van der Waals surface area contributed by atoms with Crippen LogP contribution in [0.5, 0.6) is 11.5 Å². The Balaban J connectivity index is 1.69. The number of nitrogens with zero attached hydrogens (tertiary/aromatic N) is 2. The van der Waals surface area contributed by atoms with Gasteiger partial charge in [-0.15, -0.1) is 0 Å². The Morgan fingerprint density at radius 3 is 2.04 bits per heavy atom. The largest absolute Gasteiger partial charge is 0.497 e. The highest BCUT2D eigenvalue weighted by molar-refractivity contribution is 5.57. The van der Waals surface area contributed by atoms with Gasteiger partial charge in [-0.2, -0.15) is 5.26 Å². The molecule has 1 aromatic heterocycles. The van der Waals surface area contributed by atoms with E-state index in [1.54, 1.807) is 26.4 Å². The van der Waals surface area contributed by atoms with E-state index in [4.69, 9.17) is 9.47 Å². The Morgan fingerprint density at radius 1 is 0.857 bits per heavy atom. The summed E-state index contributed by atoms with van der Waals surface area (Å²) in [4.78, 5) is 4.55. The van der Waals surface area contributed by atoms with Crippen molar-refractivity contribution in [3.05, 3.63) is 77.4 Å². The molecule has 0 aliphatic heterocycles. The summed E-state index contributed by atoms with van der Waals surface area (Å²) in [6, 6.07) is 21.3. The molecule has 6 nitrogen and oxygen atoms in total. The topological polar surface area (TPSA) is 79.2 Å². The molecule has 0 saturated carbocycles. The predicted molar refractivity (Wildman–Crippen MR) is 110 cm³/mol. The normalized spacial score (nSPS) is 10.0. The summed E-state index contributed by atoms with van der Waals surface area (Å²) in [5, 5.41) is 15.9. The number of hydrogen-bond donors (Lipinski definition) is 2. The van der Waals surface area contributed by atoms with Gasteiger partial charge in [-0.1, -0.05) is 24.3 Å². The van der Waals surface area contributed by atoms with E-state index in [9.17, 15) is 5.26 Å². The molecule has 0 aliphatic rings. The van der Waals surface area contributed by atoms with Crippen LogP contribution in [0.2, 0.25) is 0 Å². The van der Waals surface area contributed by atoms with Crippen LogP contribution < -0.4 is 20.1 Å². The van der Waals surface area contributed by atoms with Crippen molar-refractivity contribution >= 4 is 11.6 Å². The third-order valence-electron chi connectivity index (χ3n) is 4.22. The number of rotatable bonds is 8. The van der Waals surface area contributed by atoms with Crippen LogP contribution >= 0.6 is 0 Å². The molecule has 0 unspecified atom stereocenters. The van der Waals surface area contributed by atoms with Gasteiger partial charge in [0.25, 0.3) is 0 Å². The zero-order chi connectivity index (χ0) is 19.8. The fourth-order valence-electron chi connectivity index (χ4n) is 2.73. The first kappa shape index (κ1) is 19.1. The van der Waals surface area contributed by atoms with Gasteiger partial charge >= 0.3 is 0 Å². The Labute approximate surface area is 164 Å². The summed E-state index contributed by atoms with van der Waals surface area (Å²) in [5.41, 5.74) is 2.62. The van der Waals surface area contributed by atoms with Crippen LogP contribution in [-0.4, -0.2) is 19.2 Å². The van der Waals surface area contributed by atoms with Crippen molar-refractivity contribution < 1.29 is 9.47 Å². The zero-order valence-corrected chi connectivity index (χ0v) is 15.9. The van der Waals surface area contributed by atoms with Gasteiger partial charge in [0.15, 0.2) is 0 Å². The molecule has 0 aliphatic carbocycles. The lowest BCUT2D eigenvalue weighted by Crippen LogP contribution is -2.07. The molecule has 2 N–H and O–H groups in total. The minimum absolute atomic E-state index is 0.495. The highest BCUT2D eigenvalue weighted by Crippen LogP contribution is 2.19. The smallest absolute Gasteiger partial charge is 0.146 e. The molecular formula is C22H22N4O2. The summed E-state index contributed by atoms with van der Waals surface area (Å²) in [6.07, 6.45) is 0. The van der Waals surface area contributed by atoms with E-state index in [-0.39, 0.29) is 0 Å². The number of pyridine rings is 1. The van der Waals surface area contributed by atoms with Gasteiger partial charge < -0.3 is 20.1 Å². The van der Waals surface area contributed by atoms with E-state index in [0.717, 1.165) is 22.6 Å². The number of benzene rings is 2. The molecule has 0 radical (unpaired) electrons. The summed E-state index contributed by atoms with van der Waals surface area (Å²) >= 11 is 0. The van der Waals surface area contributed by atoms with Crippen LogP contribution in [0.15, 0.2) is 60.7 Å². The number of ether oxygens (including phenoxy) is 2. The molecule has 1 heterocycles. The van der Waals surface area contributed by atoms with Crippen molar-refractivity contribution in [1.29, 1.82) is 5.26 Å². The standard InChI is InChI=1S/C22H22N4O2/c1-27-19-7-3-5-16(11-19)14-24-21-10-9-18(13-23)22(26-21)25-15-17-6-4-8-20(12-17)28-2/h3-12H,14-15H2,1-2H3,(H2,24,25,26). The molecule has 3 aromatic rings. The van der Waals surface area contributed by atoms with Gasteiger partial charge in [0.1, 0.15) is 29.2 Å². The van der Waals surface area contributed by atoms with Crippen molar-refractivity contribution in [1.82, 2.24) is 4.98 Å². The minimum Gasteiger partial charge on any atom is -0.497 e. The monoisotopic (exact) mass is 374 g/mol. The van der Waals surface area contributed by atoms with E-state index in [1.165, 1.54) is 0 Å². The molecular weight excluding hydrogens is 352 g/mol. The zero-order valence-electron chi connectivity index (χ0n) is 15.9. The van der Waals surface area contributed by atoms with E-state index in [2.05, 4.69) is 21.7 Å². The van der Waals surface area contributed by atoms with Gasteiger partial charge in [0.2, 0.25) is 0 Å². The summed E-state index contributed by atoms with van der Waals surface area (Å²) in [6.45, 7) is 1.14. The van der Waals surface area contributed by atoms with Crippen molar-refractivity contribution in [2.24, 2.45) is 0 Å². The Kier molecular flexibility index (Phi) is 6.32. The first-order chi connectivity index (χ1) is 13.7. The minimum atomic E-state index is 0.495. The molecule has 6 heteroatoms. The lowest BCUT2D eigenvalue weighted by Gasteiger charge is -2.12. The van der Waals surface area contributed by atoms with Crippen molar-refractivity contribution in [3.8, 4) is 17.6 Å². The lowest BCUT2D eigenvalue weighted by molar-refractivity contribution is 0.414. The molecule has 142 valence electrons. The van der Waals surface area contributed by atoms with Gasteiger partial charge in [0.05, 0.1) is 19.8 Å². The molecule has 0 saturated heterocycles. The molecule has 28 heavy (non-hydrogen) atoms. The maximum absolute atomic E-state index is 9.37. The van der Waals surface area contributed by atoms with Gasteiger partial charge in [-0.05, 0) is 47.5 Å². The number of aromatic nitrogens is 1. The van der Waals surface area contributed by atoms with Gasteiger partial charge in [-0.3, -0.25) is 0 Å². The number of nitrogens with one attached hydrogen (secondary N) is 2. The fraction of sp³-hybridized carbons (Fsp3) is 0.182. The second kappa shape index (κ2) is 9.28. The first-order valence-corrected chi connectivity index (χ1v) is 8.86. The average molecular weight is 374 g/mol. The first-order valence-electron chi connectivity index (χ1n) is 8.86. The molecule has 0 spiro atoms. The molecule has 0 amide bonds. The Bertz CT molecular complexity index is 982. The Hall–Kier alpha value is -3.72. The number of hydrogen-bond acceptors (Lipinski definition) is 6. The maximum Gasteiger partial charge on any atom is 0.146 e. The van der Waals surface area contributed by atoms with Crippen LogP contribution in [-0.2, 0) is 13.1 Å². The summed E-state index contributed by atoms with van der Waals surface area (Å²) in [7, 11) is 3.29. The summed E-state index contributed by atoms with van der Waals surface area (Å²) < 4.78 is 10.5. The third kappa shape index (κ3) is 4.92. The van der Waals surface area contributed by atoms with E-state index in [1.807, 2.05) is 48.5 Å². The van der Waals surface area contributed by atoms with Crippen LogP contribution in [0.4, 0.5) is 11.6 Å². The lowest BCUT2D eigenvalue weighted by atomic mass is 10.2. The second-order valence-corrected chi connectivity index (χ2v) is 6.11. The summed E-state index contributed by atoms with van der Waals surface area (Å²) in [5.74, 6) is 2.84. The van der Waals surface area contributed by atoms with Crippen LogP contribution in [0.25, 0.3) is 0 Å². The molecule has 0 bridgehead atoms. The molecule has 0 atom stereocenters. The van der Waals surface area contributed by atoms with Gasteiger partial charge in [-0.25, -0.2) is 4.98 Å². The number of nitriles is 1. The SMILES string of the molecule is COc1cccc(CNc2ccc(C#N)c(NCc3cccc(OC)c3)n2)c1. The van der Waals surface area contributed by atoms with Gasteiger partial charge in [0, 0.05) is 13.1 Å². The highest BCUT2D eigenvalue weighted by atomic mass is 16.5. The van der Waals surface area contributed by atoms with Crippen molar-refractivity contribution in [2.75, 3.05) is 24.9 Å². The quantitative estimate of drug-likeness (QED) is 0.615. The van der Waals surface area contributed by atoms with Crippen LogP contribution in [0, 0.1) is 11.3 Å². The maximum atomic E-state index is 9.37. The van der Waals surface area contributed by atoms with E-state index in [0.29, 0.717) is 30.3 Å². The van der Waals surface area contributed by atoms with E-state index < -0.39 is 0 Å². The predicted octanol–water partition coefficient (Wildman–Crippen LogP) is 4.19. The fourth-order valence-corrected chi connectivity index (χ4v) is 2.73. The number of anilines is 2. The molecule has 2 aromatic carbocycles. The van der Waals surface area contributed by atoms with Crippen molar-refractivity contribution in [2.45, 2.75) is 13.1 Å². The third-order valence-corrected chi connectivity index (χ3v) is 4.22. The van der Waals surface area contributed by atoms with Crippen LogP contribution in [0.3, 0.4) is 0 Å². The highest BCUT2D eigenvalue weighted by Gasteiger charge is 2.06. The van der Waals surface area contributed by atoms with Crippen LogP contribution in [0.1, 0.15) is 16.7 Å². The van der Waals surface area contributed by atoms with E-state index >= 15 is 0 Å². The number of methoxy groups -OCH3 is 2.